The maximum atomic E-state index is 5.57. The Bertz CT molecular complexity index is 708. The number of ether oxygens (including phenoxy) is 1. The van der Waals surface area contributed by atoms with Gasteiger partial charge in [-0.05, 0) is 43.4 Å². The van der Waals surface area contributed by atoms with Gasteiger partial charge < -0.3 is 4.74 Å². The van der Waals surface area contributed by atoms with Crippen LogP contribution in [0.5, 0.6) is 0 Å². The maximum Gasteiger partial charge on any atom is 0.103 e. The van der Waals surface area contributed by atoms with E-state index < -0.39 is 0 Å². The lowest BCUT2D eigenvalue weighted by Gasteiger charge is -2.26. The Labute approximate surface area is 159 Å². The number of fused-ring (bicyclic) bond motifs is 1. The Hall–Kier alpha value is -2.03. The van der Waals surface area contributed by atoms with E-state index in [1.165, 1.54) is 30.2 Å². The molecule has 26 heavy (non-hydrogen) atoms. The zero-order valence-electron chi connectivity index (χ0n) is 17.5. The second kappa shape index (κ2) is 11.6. The van der Waals surface area contributed by atoms with Gasteiger partial charge in [0.15, 0.2) is 0 Å². The molecule has 0 N–H and O–H groups in total. The fraction of sp³-hybridized carbons (Fsp3) is 0.522. The molecular formula is C23H36N2O. The third-order valence-electron chi connectivity index (χ3n) is 4.56. The molecule has 144 valence electrons. The Balaban J connectivity index is 0.000000791. The largest absolute Gasteiger partial charge is 0.500 e. The van der Waals surface area contributed by atoms with Crippen LogP contribution in [-0.4, -0.2) is 16.9 Å². The molecule has 1 aliphatic carbocycles. The zero-order chi connectivity index (χ0) is 19.5. The molecule has 3 rings (SSSR count). The van der Waals surface area contributed by atoms with E-state index in [0.717, 1.165) is 29.7 Å². The van der Waals surface area contributed by atoms with E-state index in [1.807, 2.05) is 40.0 Å². The topological polar surface area (TPSA) is 27.1 Å². The first-order valence-electron chi connectivity index (χ1n) is 10.2. The van der Waals surface area contributed by atoms with E-state index in [9.17, 15) is 0 Å². The molecular weight excluding hydrogens is 320 g/mol. The number of hydrogen-bond acceptors (Lipinski definition) is 2. The molecule has 0 atom stereocenters. The molecule has 0 radical (unpaired) electrons. The summed E-state index contributed by atoms with van der Waals surface area (Å²) in [6, 6.07) is 7.12. The lowest BCUT2D eigenvalue weighted by atomic mass is 9.93. The Morgan fingerprint density at radius 1 is 1.27 bits per heavy atom. The van der Waals surface area contributed by atoms with Crippen LogP contribution in [0, 0.1) is 0 Å². The first kappa shape index (κ1) is 22.0. The van der Waals surface area contributed by atoms with Gasteiger partial charge in [-0.3, -0.25) is 4.68 Å². The lowest BCUT2D eigenvalue weighted by Crippen LogP contribution is -2.17. The lowest BCUT2D eigenvalue weighted by molar-refractivity contribution is 0.279. The van der Waals surface area contributed by atoms with Crippen molar-refractivity contribution in [1.29, 1.82) is 0 Å². The molecule has 0 aliphatic heterocycles. The van der Waals surface area contributed by atoms with Crippen molar-refractivity contribution in [3.05, 3.63) is 48.4 Å². The average molecular weight is 357 g/mol. The van der Waals surface area contributed by atoms with Crippen molar-refractivity contribution >= 4 is 16.5 Å². The SMILES string of the molecule is C=C/C(=C(\CCC)OC)c1ccc2c(cnn2C2CCC2)c1.CC.CC. The molecule has 1 aromatic carbocycles. The molecule has 0 bridgehead atoms. The Morgan fingerprint density at radius 3 is 2.46 bits per heavy atom. The van der Waals surface area contributed by atoms with Gasteiger partial charge in [-0.15, -0.1) is 0 Å². The monoisotopic (exact) mass is 356 g/mol. The van der Waals surface area contributed by atoms with Crippen molar-refractivity contribution < 1.29 is 4.74 Å². The normalized spacial score (nSPS) is 14.2. The van der Waals surface area contributed by atoms with E-state index in [2.05, 4.69) is 41.5 Å². The van der Waals surface area contributed by atoms with E-state index in [1.54, 1.807) is 7.11 Å². The highest BCUT2D eigenvalue weighted by Gasteiger charge is 2.21. The third kappa shape index (κ3) is 4.78. The predicted octanol–water partition coefficient (Wildman–Crippen LogP) is 7.16. The summed E-state index contributed by atoms with van der Waals surface area (Å²) in [6.45, 7) is 14.1. The van der Waals surface area contributed by atoms with Gasteiger partial charge in [-0.2, -0.15) is 5.10 Å². The number of aromatic nitrogens is 2. The van der Waals surface area contributed by atoms with Crippen LogP contribution in [0.4, 0.5) is 0 Å². The van der Waals surface area contributed by atoms with E-state index in [-0.39, 0.29) is 0 Å². The van der Waals surface area contributed by atoms with Crippen molar-refractivity contribution in [2.24, 2.45) is 0 Å². The summed E-state index contributed by atoms with van der Waals surface area (Å²) in [7, 11) is 1.74. The van der Waals surface area contributed by atoms with E-state index >= 15 is 0 Å². The summed E-state index contributed by atoms with van der Waals surface area (Å²) in [5.41, 5.74) is 3.47. The number of methoxy groups -OCH3 is 1. The summed E-state index contributed by atoms with van der Waals surface area (Å²) in [4.78, 5) is 0. The molecule has 0 amide bonds. The van der Waals surface area contributed by atoms with Crippen LogP contribution < -0.4 is 0 Å². The number of allylic oxidation sites excluding steroid dienone is 3. The van der Waals surface area contributed by atoms with Crippen molar-refractivity contribution in [2.45, 2.75) is 72.8 Å². The van der Waals surface area contributed by atoms with Crippen molar-refractivity contribution in [2.75, 3.05) is 7.11 Å². The van der Waals surface area contributed by atoms with Crippen molar-refractivity contribution in [3.63, 3.8) is 0 Å². The highest BCUT2D eigenvalue weighted by Crippen LogP contribution is 2.34. The Kier molecular flexibility index (Phi) is 9.79. The zero-order valence-corrected chi connectivity index (χ0v) is 17.5. The maximum absolute atomic E-state index is 5.57. The highest BCUT2D eigenvalue weighted by molar-refractivity contribution is 5.86. The second-order valence-corrected chi connectivity index (χ2v) is 5.94. The number of nitrogens with zero attached hydrogens (tertiary/aromatic N) is 2. The minimum Gasteiger partial charge on any atom is -0.500 e. The van der Waals surface area contributed by atoms with Gasteiger partial charge >= 0.3 is 0 Å². The van der Waals surface area contributed by atoms with Crippen LogP contribution in [0.1, 0.15) is 78.3 Å². The standard InChI is InChI=1S/C19H24N2O.2C2H6/c1-4-7-19(22-3)17(5-2)14-10-11-18-15(12-14)13-20-21(18)16-8-6-9-16;2*1-2/h5,10-13,16H,2,4,6-9H2,1,3H3;2*1-2H3/b19-17-;;. The Morgan fingerprint density at radius 2 is 1.96 bits per heavy atom. The average Bonchev–Trinajstić information content (AvgIpc) is 3.06. The summed E-state index contributed by atoms with van der Waals surface area (Å²) in [6.07, 6.45) is 9.68. The van der Waals surface area contributed by atoms with Crippen LogP contribution in [-0.2, 0) is 4.74 Å². The van der Waals surface area contributed by atoms with E-state index in [0.29, 0.717) is 6.04 Å². The van der Waals surface area contributed by atoms with Crippen LogP contribution in [0.25, 0.3) is 16.5 Å². The van der Waals surface area contributed by atoms with Crippen molar-refractivity contribution in [3.8, 4) is 0 Å². The molecule has 1 fully saturated rings. The number of benzene rings is 1. The van der Waals surface area contributed by atoms with Gasteiger partial charge in [0.05, 0.1) is 24.9 Å². The predicted molar refractivity (Wildman–Crippen MR) is 114 cm³/mol. The van der Waals surface area contributed by atoms with Gasteiger partial charge in [0.25, 0.3) is 0 Å². The molecule has 0 unspecified atom stereocenters. The van der Waals surface area contributed by atoms with Gasteiger partial charge in [0.2, 0.25) is 0 Å². The molecule has 0 saturated heterocycles. The fourth-order valence-corrected chi connectivity index (χ4v) is 3.11. The molecule has 1 heterocycles. The summed E-state index contributed by atoms with van der Waals surface area (Å²) in [5, 5.41) is 5.78. The van der Waals surface area contributed by atoms with Crippen LogP contribution in [0.15, 0.2) is 42.8 Å². The van der Waals surface area contributed by atoms with E-state index in [4.69, 9.17) is 4.74 Å². The minimum absolute atomic E-state index is 0.590. The van der Waals surface area contributed by atoms with Gasteiger partial charge in [0.1, 0.15) is 5.76 Å². The quantitative estimate of drug-likeness (QED) is 0.405. The van der Waals surface area contributed by atoms with Gasteiger partial charge in [-0.25, -0.2) is 0 Å². The summed E-state index contributed by atoms with van der Waals surface area (Å²) >= 11 is 0. The molecule has 3 heteroatoms. The molecule has 2 aromatic rings. The number of hydrogen-bond donors (Lipinski definition) is 0. The summed E-state index contributed by atoms with van der Waals surface area (Å²) in [5.74, 6) is 1.00. The summed E-state index contributed by atoms with van der Waals surface area (Å²) < 4.78 is 7.75. The molecule has 1 saturated carbocycles. The smallest absolute Gasteiger partial charge is 0.103 e. The molecule has 0 spiro atoms. The molecule has 1 aliphatic rings. The van der Waals surface area contributed by atoms with Crippen LogP contribution >= 0.6 is 0 Å². The first-order chi connectivity index (χ1) is 12.8. The first-order valence-corrected chi connectivity index (χ1v) is 10.2. The second-order valence-electron chi connectivity index (χ2n) is 5.94. The highest BCUT2D eigenvalue weighted by atomic mass is 16.5. The van der Waals surface area contributed by atoms with Gasteiger partial charge in [-0.1, -0.05) is 53.3 Å². The minimum atomic E-state index is 0.590. The molecule has 3 nitrogen and oxygen atoms in total. The van der Waals surface area contributed by atoms with Crippen LogP contribution in [0.2, 0.25) is 0 Å². The number of rotatable bonds is 6. The third-order valence-corrected chi connectivity index (χ3v) is 4.56. The van der Waals surface area contributed by atoms with Crippen LogP contribution in [0.3, 0.4) is 0 Å². The van der Waals surface area contributed by atoms with Gasteiger partial charge in [0, 0.05) is 17.4 Å². The van der Waals surface area contributed by atoms with Crippen molar-refractivity contribution in [1.82, 2.24) is 9.78 Å². The fourth-order valence-electron chi connectivity index (χ4n) is 3.11. The molecule has 1 aromatic heterocycles.